The zero-order chi connectivity index (χ0) is 13.4. The molecule has 0 unspecified atom stereocenters. The quantitative estimate of drug-likeness (QED) is 0.603. The minimum Gasteiger partial charge on any atom is -0.504 e. The average molecular weight is 255 g/mol. The number of phenolic OH excluding ortho intramolecular Hbond substituents is 1. The lowest BCUT2D eigenvalue weighted by atomic mass is 10.2. The number of aliphatic hydroxyl groups excluding tert-OH is 1. The predicted octanol–water partition coefficient (Wildman–Crippen LogP) is 0.139. The number of aromatic hydroxyl groups is 1. The Balaban J connectivity index is 2.56. The molecule has 0 fully saturated rings. The van der Waals surface area contributed by atoms with Crippen LogP contribution >= 0.6 is 0 Å². The van der Waals surface area contributed by atoms with Gasteiger partial charge in [-0.3, -0.25) is 4.79 Å². The minimum atomic E-state index is -0.253. The number of aliphatic hydroxyl groups is 1. The molecule has 0 aliphatic heterocycles. The summed E-state index contributed by atoms with van der Waals surface area (Å²) in [5.41, 5.74) is 0.404. The Morgan fingerprint density at radius 3 is 2.78 bits per heavy atom. The maximum absolute atomic E-state index is 11.4. The van der Waals surface area contributed by atoms with Gasteiger partial charge in [0.2, 0.25) is 0 Å². The van der Waals surface area contributed by atoms with Gasteiger partial charge in [-0.1, -0.05) is 0 Å². The third kappa shape index (κ3) is 4.23. The van der Waals surface area contributed by atoms with Crippen molar-refractivity contribution in [2.24, 2.45) is 0 Å². The topological polar surface area (TPSA) is 88.0 Å². The van der Waals surface area contributed by atoms with E-state index in [9.17, 15) is 9.90 Å². The number of carbonyl (C=O) groups excluding carboxylic acids is 1. The molecule has 3 N–H and O–H groups in total. The van der Waals surface area contributed by atoms with Crippen molar-refractivity contribution in [1.82, 2.24) is 5.32 Å². The van der Waals surface area contributed by atoms with Crippen molar-refractivity contribution in [3.05, 3.63) is 23.8 Å². The molecule has 6 heteroatoms. The van der Waals surface area contributed by atoms with Gasteiger partial charge in [-0.05, 0) is 18.2 Å². The molecular formula is C12H17NO5. The van der Waals surface area contributed by atoms with E-state index in [0.29, 0.717) is 12.2 Å². The zero-order valence-electron chi connectivity index (χ0n) is 10.2. The van der Waals surface area contributed by atoms with E-state index in [1.807, 2.05) is 0 Å². The summed E-state index contributed by atoms with van der Waals surface area (Å²) in [7, 11) is 1.53. The van der Waals surface area contributed by atoms with E-state index in [-0.39, 0.29) is 37.2 Å². The molecule has 0 aliphatic rings. The summed E-state index contributed by atoms with van der Waals surface area (Å²) in [6.45, 7) is 0.722. The highest BCUT2D eigenvalue weighted by Crippen LogP contribution is 2.26. The Bertz CT molecular complexity index is 394. The largest absolute Gasteiger partial charge is 0.504 e. The Morgan fingerprint density at radius 1 is 1.33 bits per heavy atom. The summed E-state index contributed by atoms with van der Waals surface area (Å²) < 4.78 is 10.3. The summed E-state index contributed by atoms with van der Waals surface area (Å²) in [6.07, 6.45) is 0. The number of benzene rings is 1. The minimum absolute atomic E-state index is 0.0372. The molecule has 0 radical (unpaired) electrons. The summed E-state index contributed by atoms with van der Waals surface area (Å²) in [5, 5.41) is 20.5. The van der Waals surface area contributed by atoms with Crippen molar-refractivity contribution in [3.8, 4) is 11.5 Å². The van der Waals surface area contributed by atoms with E-state index in [1.54, 1.807) is 0 Å². The molecule has 0 aromatic heterocycles. The first-order chi connectivity index (χ1) is 8.69. The van der Waals surface area contributed by atoms with Crippen molar-refractivity contribution < 1.29 is 24.5 Å². The first kappa shape index (κ1) is 14.3. The van der Waals surface area contributed by atoms with Gasteiger partial charge in [0.1, 0.15) is 6.61 Å². The first-order valence-electron chi connectivity index (χ1n) is 5.55. The lowest BCUT2D eigenvalue weighted by Gasteiger charge is -2.09. The summed E-state index contributed by atoms with van der Waals surface area (Å²) in [4.78, 5) is 11.4. The molecule has 0 aliphatic carbocycles. The number of nitrogens with one attached hydrogen (secondary N) is 1. The SMILES string of the molecule is CNC(=O)c1ccc(O)c(OCCOCCO)c1. The third-order valence-electron chi connectivity index (χ3n) is 2.17. The maximum atomic E-state index is 11.4. The average Bonchev–Trinajstić information content (AvgIpc) is 2.39. The highest BCUT2D eigenvalue weighted by molar-refractivity contribution is 5.94. The maximum Gasteiger partial charge on any atom is 0.251 e. The van der Waals surface area contributed by atoms with Gasteiger partial charge in [-0.25, -0.2) is 0 Å². The van der Waals surface area contributed by atoms with Gasteiger partial charge in [0.05, 0.1) is 19.8 Å². The van der Waals surface area contributed by atoms with Crippen LogP contribution in [0.4, 0.5) is 0 Å². The van der Waals surface area contributed by atoms with Gasteiger partial charge in [-0.2, -0.15) is 0 Å². The Morgan fingerprint density at radius 2 is 2.11 bits per heavy atom. The molecule has 0 bridgehead atoms. The van der Waals surface area contributed by atoms with Gasteiger partial charge in [-0.15, -0.1) is 0 Å². The summed E-state index contributed by atoms with van der Waals surface area (Å²) in [5.74, 6) is -0.0649. The Labute approximate surface area is 105 Å². The van der Waals surface area contributed by atoms with Crippen LogP contribution in [-0.2, 0) is 4.74 Å². The Kier molecular flexibility index (Phi) is 5.96. The molecule has 6 nitrogen and oxygen atoms in total. The van der Waals surface area contributed by atoms with Gasteiger partial charge in [0.25, 0.3) is 5.91 Å². The molecule has 0 atom stereocenters. The van der Waals surface area contributed by atoms with E-state index in [0.717, 1.165) is 0 Å². The monoisotopic (exact) mass is 255 g/mol. The number of amides is 1. The van der Waals surface area contributed by atoms with Crippen molar-refractivity contribution >= 4 is 5.91 Å². The van der Waals surface area contributed by atoms with Crippen LogP contribution in [0, 0.1) is 0 Å². The number of ether oxygens (including phenoxy) is 2. The number of hydrogen-bond acceptors (Lipinski definition) is 5. The number of rotatable bonds is 7. The smallest absolute Gasteiger partial charge is 0.251 e. The van der Waals surface area contributed by atoms with Crippen molar-refractivity contribution in [2.45, 2.75) is 0 Å². The fourth-order valence-electron chi connectivity index (χ4n) is 1.29. The molecule has 1 aromatic carbocycles. The second kappa shape index (κ2) is 7.52. The molecule has 1 aromatic rings. The fraction of sp³-hybridized carbons (Fsp3) is 0.417. The lowest BCUT2D eigenvalue weighted by Crippen LogP contribution is -2.17. The number of carbonyl (C=O) groups is 1. The van der Waals surface area contributed by atoms with Crippen LogP contribution in [0.15, 0.2) is 18.2 Å². The van der Waals surface area contributed by atoms with E-state index in [4.69, 9.17) is 14.6 Å². The molecular weight excluding hydrogens is 238 g/mol. The van der Waals surface area contributed by atoms with Gasteiger partial charge in [0.15, 0.2) is 11.5 Å². The van der Waals surface area contributed by atoms with Crippen molar-refractivity contribution in [1.29, 1.82) is 0 Å². The van der Waals surface area contributed by atoms with E-state index in [1.165, 1.54) is 25.2 Å². The molecule has 100 valence electrons. The first-order valence-corrected chi connectivity index (χ1v) is 5.55. The molecule has 0 saturated carbocycles. The van der Waals surface area contributed by atoms with Crippen molar-refractivity contribution in [2.75, 3.05) is 33.5 Å². The standard InChI is InChI=1S/C12H17NO5/c1-13-12(16)9-2-3-10(15)11(8-9)18-7-6-17-5-4-14/h2-3,8,14-15H,4-7H2,1H3,(H,13,16). The van der Waals surface area contributed by atoms with Gasteiger partial charge in [0, 0.05) is 12.6 Å². The van der Waals surface area contributed by atoms with E-state index in [2.05, 4.69) is 5.32 Å². The van der Waals surface area contributed by atoms with Crippen LogP contribution in [0.5, 0.6) is 11.5 Å². The molecule has 18 heavy (non-hydrogen) atoms. The molecule has 0 heterocycles. The molecule has 1 rings (SSSR count). The van der Waals surface area contributed by atoms with E-state index < -0.39 is 0 Å². The highest BCUT2D eigenvalue weighted by atomic mass is 16.5. The third-order valence-corrected chi connectivity index (χ3v) is 2.17. The van der Waals surface area contributed by atoms with Gasteiger partial charge < -0.3 is 25.0 Å². The van der Waals surface area contributed by atoms with Crippen LogP contribution in [-0.4, -0.2) is 49.6 Å². The highest BCUT2D eigenvalue weighted by Gasteiger charge is 2.08. The molecule has 0 saturated heterocycles. The lowest BCUT2D eigenvalue weighted by molar-refractivity contribution is 0.0698. The van der Waals surface area contributed by atoms with Crippen LogP contribution in [0.1, 0.15) is 10.4 Å². The second-order valence-corrected chi connectivity index (χ2v) is 3.45. The normalized spacial score (nSPS) is 10.1. The number of hydrogen-bond donors (Lipinski definition) is 3. The van der Waals surface area contributed by atoms with Gasteiger partial charge >= 0.3 is 0 Å². The second-order valence-electron chi connectivity index (χ2n) is 3.45. The van der Waals surface area contributed by atoms with Crippen molar-refractivity contribution in [3.63, 3.8) is 0 Å². The summed E-state index contributed by atoms with van der Waals surface area (Å²) >= 11 is 0. The fourth-order valence-corrected chi connectivity index (χ4v) is 1.29. The Hall–Kier alpha value is -1.79. The van der Waals surface area contributed by atoms with Crippen LogP contribution < -0.4 is 10.1 Å². The van der Waals surface area contributed by atoms with Crippen LogP contribution in [0.2, 0.25) is 0 Å². The predicted molar refractivity (Wildman–Crippen MR) is 64.9 cm³/mol. The molecule has 1 amide bonds. The van der Waals surface area contributed by atoms with E-state index >= 15 is 0 Å². The van der Waals surface area contributed by atoms with Crippen LogP contribution in [0.25, 0.3) is 0 Å². The summed E-state index contributed by atoms with van der Waals surface area (Å²) in [6, 6.07) is 4.36. The molecule has 0 spiro atoms. The zero-order valence-corrected chi connectivity index (χ0v) is 10.2. The van der Waals surface area contributed by atoms with Crippen LogP contribution in [0.3, 0.4) is 0 Å². The number of phenols is 1.